The number of rotatable bonds is 1. The molecule has 4 rings (SSSR count). The Morgan fingerprint density at radius 1 is 1.23 bits per heavy atom. The highest BCUT2D eigenvalue weighted by molar-refractivity contribution is 6.06. The Hall–Kier alpha value is -3.13. The van der Waals surface area contributed by atoms with Gasteiger partial charge in [-0.2, -0.15) is 5.26 Å². The lowest BCUT2D eigenvalue weighted by Gasteiger charge is -2.07. The predicted molar refractivity (Wildman–Crippen MR) is 82.2 cm³/mol. The van der Waals surface area contributed by atoms with Gasteiger partial charge >= 0.3 is 0 Å². The van der Waals surface area contributed by atoms with Gasteiger partial charge in [0.1, 0.15) is 5.82 Å². The van der Waals surface area contributed by atoms with E-state index in [0.29, 0.717) is 24.2 Å². The van der Waals surface area contributed by atoms with Crippen LogP contribution in [0.1, 0.15) is 15.9 Å². The van der Waals surface area contributed by atoms with Crippen molar-refractivity contribution in [2.75, 3.05) is 6.54 Å². The second kappa shape index (κ2) is 4.71. The van der Waals surface area contributed by atoms with E-state index in [1.165, 1.54) is 0 Å². The molecule has 22 heavy (non-hydrogen) atoms. The molecular weight excluding hydrogens is 276 g/mol. The van der Waals surface area contributed by atoms with E-state index in [-0.39, 0.29) is 5.91 Å². The topological polar surface area (TPSA) is 70.7 Å². The van der Waals surface area contributed by atoms with E-state index in [2.05, 4.69) is 20.9 Å². The number of benzene rings is 2. The van der Waals surface area contributed by atoms with Gasteiger partial charge < -0.3 is 9.88 Å². The molecule has 5 heteroatoms. The Balaban J connectivity index is 2.03. The highest BCUT2D eigenvalue weighted by Crippen LogP contribution is 2.28. The third kappa shape index (κ3) is 1.78. The molecule has 0 fully saturated rings. The highest BCUT2D eigenvalue weighted by atomic mass is 16.1. The molecule has 0 saturated carbocycles. The summed E-state index contributed by atoms with van der Waals surface area (Å²) in [5.41, 5.74) is 3.78. The first-order valence-electron chi connectivity index (χ1n) is 7.06. The van der Waals surface area contributed by atoms with E-state index in [0.717, 1.165) is 22.4 Å². The van der Waals surface area contributed by atoms with Gasteiger partial charge in [-0.05, 0) is 24.3 Å². The number of imidazole rings is 1. The molecule has 0 aliphatic carbocycles. The first-order valence-corrected chi connectivity index (χ1v) is 7.06. The standard InChI is InChI=1S/C17H12N4O/c18-10-11-3-1-4-12(9-11)16-20-14-6-2-5-13-15(14)21(16)8-7-19-17(13)22/h1-6,9H,7-8H2,(H,19,22). The lowest BCUT2D eigenvalue weighted by Crippen LogP contribution is -2.24. The molecule has 1 aromatic heterocycles. The van der Waals surface area contributed by atoms with E-state index in [4.69, 9.17) is 5.26 Å². The molecule has 1 aliphatic heterocycles. The summed E-state index contributed by atoms with van der Waals surface area (Å²) in [6, 6.07) is 15.1. The zero-order valence-corrected chi connectivity index (χ0v) is 11.7. The zero-order valence-electron chi connectivity index (χ0n) is 11.7. The predicted octanol–water partition coefficient (Wildman–Crippen LogP) is 2.32. The quantitative estimate of drug-likeness (QED) is 0.747. The van der Waals surface area contributed by atoms with Crippen LogP contribution in [0, 0.1) is 11.3 Å². The second-order valence-corrected chi connectivity index (χ2v) is 5.21. The first kappa shape index (κ1) is 12.6. The fourth-order valence-electron chi connectivity index (χ4n) is 2.91. The number of nitrogens with zero attached hydrogens (tertiary/aromatic N) is 3. The Morgan fingerprint density at radius 3 is 2.95 bits per heavy atom. The average Bonchev–Trinajstić information content (AvgIpc) is 2.84. The third-order valence-corrected chi connectivity index (χ3v) is 3.88. The van der Waals surface area contributed by atoms with E-state index < -0.39 is 0 Å². The van der Waals surface area contributed by atoms with Crippen LogP contribution >= 0.6 is 0 Å². The number of hydrogen-bond donors (Lipinski definition) is 1. The lowest BCUT2D eigenvalue weighted by molar-refractivity contribution is 0.0956. The molecule has 1 aliphatic rings. The number of hydrogen-bond acceptors (Lipinski definition) is 3. The van der Waals surface area contributed by atoms with E-state index in [1.54, 1.807) is 6.07 Å². The summed E-state index contributed by atoms with van der Waals surface area (Å²) in [4.78, 5) is 16.8. The Labute approximate surface area is 126 Å². The first-order chi connectivity index (χ1) is 10.8. The molecule has 5 nitrogen and oxygen atoms in total. The van der Waals surface area contributed by atoms with E-state index >= 15 is 0 Å². The number of para-hydroxylation sites is 1. The number of aromatic nitrogens is 2. The van der Waals surface area contributed by atoms with Gasteiger partial charge in [-0.25, -0.2) is 4.98 Å². The highest BCUT2D eigenvalue weighted by Gasteiger charge is 2.21. The molecule has 0 bridgehead atoms. The van der Waals surface area contributed by atoms with Crippen LogP contribution < -0.4 is 5.32 Å². The molecule has 106 valence electrons. The number of nitriles is 1. The molecule has 0 radical (unpaired) electrons. The molecule has 0 spiro atoms. The van der Waals surface area contributed by atoms with Crippen molar-refractivity contribution < 1.29 is 4.79 Å². The maximum atomic E-state index is 12.1. The minimum Gasteiger partial charge on any atom is -0.350 e. The van der Waals surface area contributed by atoms with Crippen LogP contribution in [0.5, 0.6) is 0 Å². The fourth-order valence-corrected chi connectivity index (χ4v) is 2.91. The van der Waals surface area contributed by atoms with Gasteiger partial charge in [0.2, 0.25) is 0 Å². The maximum Gasteiger partial charge on any atom is 0.253 e. The van der Waals surface area contributed by atoms with Crippen molar-refractivity contribution in [1.82, 2.24) is 14.9 Å². The SMILES string of the molecule is N#Cc1cccc(-c2nc3cccc4c3n2CCNC4=O)c1. The minimum atomic E-state index is -0.0680. The molecule has 2 heterocycles. The normalized spacial score (nSPS) is 13.5. The number of amides is 1. The number of carbonyl (C=O) groups is 1. The van der Waals surface area contributed by atoms with Crippen molar-refractivity contribution in [2.24, 2.45) is 0 Å². The van der Waals surface area contributed by atoms with Gasteiger partial charge in [0, 0.05) is 18.7 Å². The summed E-state index contributed by atoms with van der Waals surface area (Å²) in [5, 5.41) is 12.0. The van der Waals surface area contributed by atoms with Crippen molar-refractivity contribution >= 4 is 16.9 Å². The summed E-state index contributed by atoms with van der Waals surface area (Å²) in [5.74, 6) is 0.720. The van der Waals surface area contributed by atoms with Gasteiger partial charge in [0.15, 0.2) is 0 Å². The molecular formula is C17H12N4O. The van der Waals surface area contributed by atoms with E-state index in [9.17, 15) is 4.79 Å². The summed E-state index contributed by atoms with van der Waals surface area (Å²) in [6.07, 6.45) is 0. The van der Waals surface area contributed by atoms with Crippen molar-refractivity contribution in [1.29, 1.82) is 5.26 Å². The van der Waals surface area contributed by atoms with Crippen molar-refractivity contribution in [3.05, 3.63) is 53.6 Å². The Morgan fingerprint density at radius 2 is 2.09 bits per heavy atom. The van der Waals surface area contributed by atoms with Gasteiger partial charge in [0.05, 0.1) is 28.2 Å². The molecule has 2 aromatic carbocycles. The van der Waals surface area contributed by atoms with Crippen LogP contribution in [0.15, 0.2) is 42.5 Å². The van der Waals surface area contributed by atoms with E-state index in [1.807, 2.05) is 36.4 Å². The smallest absolute Gasteiger partial charge is 0.253 e. The van der Waals surface area contributed by atoms with Gasteiger partial charge in [-0.3, -0.25) is 4.79 Å². The third-order valence-electron chi connectivity index (χ3n) is 3.88. The van der Waals surface area contributed by atoms with Crippen molar-refractivity contribution in [3.8, 4) is 17.5 Å². The summed E-state index contributed by atoms with van der Waals surface area (Å²) in [6.45, 7) is 1.22. The monoisotopic (exact) mass is 288 g/mol. The number of carbonyl (C=O) groups excluding carboxylic acids is 1. The Kier molecular flexibility index (Phi) is 2.70. The molecule has 0 atom stereocenters. The van der Waals surface area contributed by atoms with Crippen LogP contribution in [0.25, 0.3) is 22.4 Å². The van der Waals surface area contributed by atoms with Crippen LogP contribution in [0.2, 0.25) is 0 Å². The zero-order chi connectivity index (χ0) is 15.1. The van der Waals surface area contributed by atoms with Crippen molar-refractivity contribution in [3.63, 3.8) is 0 Å². The molecule has 0 saturated heterocycles. The summed E-state index contributed by atoms with van der Waals surface area (Å²) >= 11 is 0. The van der Waals surface area contributed by atoms with Gasteiger partial charge in [-0.1, -0.05) is 18.2 Å². The van der Waals surface area contributed by atoms with Crippen LogP contribution in [0.3, 0.4) is 0 Å². The largest absolute Gasteiger partial charge is 0.350 e. The summed E-state index contributed by atoms with van der Waals surface area (Å²) in [7, 11) is 0. The molecule has 0 unspecified atom stereocenters. The van der Waals surface area contributed by atoms with Gasteiger partial charge in [-0.15, -0.1) is 0 Å². The fraction of sp³-hybridized carbons (Fsp3) is 0.118. The van der Waals surface area contributed by atoms with Crippen LogP contribution in [0.4, 0.5) is 0 Å². The molecule has 3 aromatic rings. The maximum absolute atomic E-state index is 12.1. The lowest BCUT2D eigenvalue weighted by atomic mass is 10.1. The minimum absolute atomic E-state index is 0.0680. The van der Waals surface area contributed by atoms with Crippen molar-refractivity contribution in [2.45, 2.75) is 6.54 Å². The summed E-state index contributed by atoms with van der Waals surface area (Å²) < 4.78 is 2.05. The second-order valence-electron chi connectivity index (χ2n) is 5.21. The Bertz CT molecular complexity index is 949. The average molecular weight is 288 g/mol. The van der Waals surface area contributed by atoms with Gasteiger partial charge in [0.25, 0.3) is 5.91 Å². The van der Waals surface area contributed by atoms with Crippen LogP contribution in [-0.2, 0) is 6.54 Å². The molecule has 1 amide bonds. The van der Waals surface area contributed by atoms with Crippen LogP contribution in [-0.4, -0.2) is 22.0 Å². The molecule has 1 N–H and O–H groups in total. The number of nitrogens with one attached hydrogen (secondary N) is 1.